The van der Waals surface area contributed by atoms with E-state index in [-0.39, 0.29) is 5.92 Å². The van der Waals surface area contributed by atoms with E-state index in [0.717, 1.165) is 12.0 Å². The van der Waals surface area contributed by atoms with Gasteiger partial charge in [0.05, 0.1) is 5.92 Å². The Kier molecular flexibility index (Phi) is 3.72. The summed E-state index contributed by atoms with van der Waals surface area (Å²) in [6.07, 6.45) is 0.839. The fourth-order valence-corrected chi connectivity index (χ4v) is 1.70. The van der Waals surface area contributed by atoms with Crippen LogP contribution >= 0.6 is 0 Å². The lowest BCUT2D eigenvalue weighted by Gasteiger charge is -2.19. The minimum absolute atomic E-state index is 0.115. The maximum absolute atomic E-state index is 11.2. The van der Waals surface area contributed by atoms with Gasteiger partial charge in [-0.3, -0.25) is 4.79 Å². The second-order valence-electron chi connectivity index (χ2n) is 3.87. The Balaban J connectivity index is 3.04. The molecule has 0 aromatic heterocycles. The molecule has 1 rings (SSSR count). The van der Waals surface area contributed by atoms with Gasteiger partial charge in [0, 0.05) is 5.69 Å². The first-order chi connectivity index (χ1) is 7.06. The van der Waals surface area contributed by atoms with Crippen LogP contribution < -0.4 is 5.73 Å². The quantitative estimate of drug-likeness (QED) is 0.745. The number of hydrogen-bond acceptors (Lipinski definition) is 2. The monoisotopic (exact) mass is 207 g/mol. The average Bonchev–Trinajstić information content (AvgIpc) is 2.17. The summed E-state index contributed by atoms with van der Waals surface area (Å²) in [6, 6.07) is 7.12. The van der Waals surface area contributed by atoms with Crippen LogP contribution in [-0.2, 0) is 4.79 Å². The Morgan fingerprint density at radius 1 is 1.53 bits per heavy atom. The molecule has 0 fully saturated rings. The summed E-state index contributed by atoms with van der Waals surface area (Å²) in [5, 5.41) is 9.18. The topological polar surface area (TPSA) is 63.3 Å². The van der Waals surface area contributed by atoms with Gasteiger partial charge in [-0.25, -0.2) is 0 Å². The largest absolute Gasteiger partial charge is 0.481 e. The van der Waals surface area contributed by atoms with E-state index < -0.39 is 11.9 Å². The number of benzene rings is 1. The number of carboxylic acids is 1. The van der Waals surface area contributed by atoms with Gasteiger partial charge in [-0.05, 0) is 23.6 Å². The molecular weight excluding hydrogens is 190 g/mol. The van der Waals surface area contributed by atoms with Crippen molar-refractivity contribution < 1.29 is 9.90 Å². The third-order valence-electron chi connectivity index (χ3n) is 2.75. The van der Waals surface area contributed by atoms with E-state index in [1.54, 1.807) is 18.2 Å². The molecule has 15 heavy (non-hydrogen) atoms. The van der Waals surface area contributed by atoms with E-state index in [9.17, 15) is 9.90 Å². The zero-order valence-electron chi connectivity index (χ0n) is 9.10. The molecule has 2 atom stereocenters. The molecule has 3 heteroatoms. The Hall–Kier alpha value is -1.51. The summed E-state index contributed by atoms with van der Waals surface area (Å²) >= 11 is 0. The Labute approximate surface area is 89.9 Å². The molecule has 0 aliphatic heterocycles. The lowest BCUT2D eigenvalue weighted by atomic mass is 9.85. The molecule has 0 amide bonds. The van der Waals surface area contributed by atoms with Crippen molar-refractivity contribution in [3.8, 4) is 0 Å². The van der Waals surface area contributed by atoms with E-state index in [4.69, 9.17) is 5.73 Å². The number of nitrogens with two attached hydrogens (primary N) is 1. The fraction of sp³-hybridized carbons (Fsp3) is 0.417. The van der Waals surface area contributed by atoms with Crippen LogP contribution in [0.2, 0.25) is 0 Å². The van der Waals surface area contributed by atoms with Gasteiger partial charge in [-0.2, -0.15) is 0 Å². The lowest BCUT2D eigenvalue weighted by molar-refractivity contribution is -0.140. The van der Waals surface area contributed by atoms with Crippen LogP contribution in [0.3, 0.4) is 0 Å². The first-order valence-electron chi connectivity index (χ1n) is 5.14. The van der Waals surface area contributed by atoms with Gasteiger partial charge < -0.3 is 10.8 Å². The summed E-state index contributed by atoms with van der Waals surface area (Å²) in [5.41, 5.74) is 7.05. The second kappa shape index (κ2) is 4.82. The Morgan fingerprint density at radius 2 is 2.20 bits per heavy atom. The average molecular weight is 207 g/mol. The van der Waals surface area contributed by atoms with Crippen molar-refractivity contribution in [3.05, 3.63) is 29.8 Å². The van der Waals surface area contributed by atoms with Gasteiger partial charge in [0.1, 0.15) is 0 Å². The van der Waals surface area contributed by atoms with Gasteiger partial charge in [0.15, 0.2) is 0 Å². The molecule has 0 heterocycles. The number of carboxylic acid groups (broad SMARTS) is 1. The predicted molar refractivity (Wildman–Crippen MR) is 60.7 cm³/mol. The summed E-state index contributed by atoms with van der Waals surface area (Å²) in [7, 11) is 0. The highest BCUT2D eigenvalue weighted by atomic mass is 16.4. The molecule has 1 aromatic rings. The first kappa shape index (κ1) is 11.6. The maximum Gasteiger partial charge on any atom is 0.311 e. The molecule has 1 aromatic carbocycles. The number of carbonyl (C=O) groups is 1. The van der Waals surface area contributed by atoms with Gasteiger partial charge in [0.25, 0.3) is 0 Å². The van der Waals surface area contributed by atoms with Crippen LogP contribution in [0, 0.1) is 5.92 Å². The molecule has 0 radical (unpaired) electrons. The van der Waals surface area contributed by atoms with Crippen molar-refractivity contribution in [2.75, 3.05) is 5.73 Å². The highest BCUT2D eigenvalue weighted by Gasteiger charge is 2.25. The van der Waals surface area contributed by atoms with E-state index in [1.165, 1.54) is 0 Å². The van der Waals surface area contributed by atoms with Gasteiger partial charge >= 0.3 is 5.97 Å². The molecule has 0 saturated heterocycles. The van der Waals surface area contributed by atoms with E-state index >= 15 is 0 Å². The fourth-order valence-electron chi connectivity index (χ4n) is 1.70. The maximum atomic E-state index is 11.2. The minimum Gasteiger partial charge on any atom is -0.481 e. The second-order valence-corrected chi connectivity index (χ2v) is 3.87. The third-order valence-corrected chi connectivity index (χ3v) is 2.75. The van der Waals surface area contributed by atoms with E-state index in [0.29, 0.717) is 5.69 Å². The molecule has 0 bridgehead atoms. The number of nitrogen functional groups attached to an aromatic ring is 1. The molecular formula is C12H17NO2. The summed E-state index contributed by atoms with van der Waals surface area (Å²) < 4.78 is 0. The minimum atomic E-state index is -0.782. The molecule has 0 aliphatic rings. The van der Waals surface area contributed by atoms with Gasteiger partial charge in [-0.15, -0.1) is 0 Å². The molecule has 0 aliphatic carbocycles. The van der Waals surface area contributed by atoms with Crippen LogP contribution in [0.1, 0.15) is 31.7 Å². The Bertz CT molecular complexity index is 349. The highest BCUT2D eigenvalue weighted by molar-refractivity contribution is 5.76. The number of aliphatic carboxylic acids is 1. The molecule has 0 saturated carbocycles. The normalized spacial score (nSPS) is 14.5. The van der Waals surface area contributed by atoms with E-state index in [1.807, 2.05) is 19.9 Å². The lowest BCUT2D eigenvalue weighted by Crippen LogP contribution is -2.19. The standard InChI is InChI=1S/C12H17NO2/c1-3-8(2)11(12(14)15)9-5-4-6-10(13)7-9/h4-8,11H,3,13H2,1-2H3,(H,14,15). The molecule has 3 N–H and O–H groups in total. The van der Waals surface area contributed by atoms with Crippen LogP contribution in [0.5, 0.6) is 0 Å². The summed E-state index contributed by atoms with van der Waals surface area (Å²) in [4.78, 5) is 11.2. The molecule has 2 unspecified atom stereocenters. The van der Waals surface area contributed by atoms with Crippen LogP contribution in [-0.4, -0.2) is 11.1 Å². The van der Waals surface area contributed by atoms with E-state index in [2.05, 4.69) is 0 Å². The SMILES string of the molecule is CCC(C)C(C(=O)O)c1cccc(N)c1. The van der Waals surface area contributed by atoms with Crippen molar-refractivity contribution >= 4 is 11.7 Å². The van der Waals surface area contributed by atoms with Crippen LogP contribution in [0.4, 0.5) is 5.69 Å². The number of rotatable bonds is 4. The van der Waals surface area contributed by atoms with Gasteiger partial charge in [-0.1, -0.05) is 32.4 Å². The number of hydrogen-bond donors (Lipinski definition) is 2. The van der Waals surface area contributed by atoms with Crippen molar-refractivity contribution in [2.45, 2.75) is 26.2 Å². The first-order valence-corrected chi connectivity index (χ1v) is 5.14. The zero-order valence-corrected chi connectivity index (χ0v) is 9.10. The number of anilines is 1. The molecule has 0 spiro atoms. The summed E-state index contributed by atoms with van der Waals surface area (Å²) in [5.74, 6) is -1.13. The van der Waals surface area contributed by atoms with Crippen molar-refractivity contribution in [1.82, 2.24) is 0 Å². The van der Waals surface area contributed by atoms with Crippen molar-refractivity contribution in [2.24, 2.45) is 5.92 Å². The predicted octanol–water partition coefficient (Wildman–Crippen LogP) is 2.48. The van der Waals surface area contributed by atoms with Gasteiger partial charge in [0.2, 0.25) is 0 Å². The Morgan fingerprint density at radius 3 is 2.67 bits per heavy atom. The van der Waals surface area contributed by atoms with Crippen molar-refractivity contribution in [3.63, 3.8) is 0 Å². The van der Waals surface area contributed by atoms with Crippen molar-refractivity contribution in [1.29, 1.82) is 0 Å². The molecule has 82 valence electrons. The summed E-state index contributed by atoms with van der Waals surface area (Å²) in [6.45, 7) is 3.94. The third kappa shape index (κ3) is 2.72. The zero-order chi connectivity index (χ0) is 11.4. The van der Waals surface area contributed by atoms with Crippen LogP contribution in [0.25, 0.3) is 0 Å². The highest BCUT2D eigenvalue weighted by Crippen LogP contribution is 2.28. The smallest absolute Gasteiger partial charge is 0.311 e. The van der Waals surface area contributed by atoms with Crippen LogP contribution in [0.15, 0.2) is 24.3 Å². The molecule has 3 nitrogen and oxygen atoms in total.